The predicted octanol–water partition coefficient (Wildman–Crippen LogP) is 4.49. The van der Waals surface area contributed by atoms with E-state index in [1.54, 1.807) is 18.2 Å². The maximum atomic E-state index is 11.9. The summed E-state index contributed by atoms with van der Waals surface area (Å²) in [6.07, 6.45) is 6.10. The molecule has 1 heterocycles. The zero-order valence-corrected chi connectivity index (χ0v) is 15.0. The predicted molar refractivity (Wildman–Crippen MR) is 95.2 cm³/mol. The Labute approximate surface area is 153 Å². The van der Waals surface area contributed by atoms with E-state index >= 15 is 0 Å². The van der Waals surface area contributed by atoms with Gasteiger partial charge in [-0.15, -0.1) is 0 Å². The first-order chi connectivity index (χ1) is 12.2. The molecule has 0 aromatic heterocycles. The Kier molecular flexibility index (Phi) is 5.04. The molecule has 0 spiro atoms. The van der Waals surface area contributed by atoms with Crippen molar-refractivity contribution in [2.45, 2.75) is 38.2 Å². The highest BCUT2D eigenvalue weighted by atomic mass is 35.5. The first kappa shape index (κ1) is 17.0. The molecule has 2 aliphatic carbocycles. The minimum absolute atomic E-state index is 0.180. The van der Waals surface area contributed by atoms with E-state index in [2.05, 4.69) is 5.32 Å². The molecule has 3 unspecified atom stereocenters. The average molecular weight is 366 g/mol. The van der Waals surface area contributed by atoms with E-state index < -0.39 is 6.09 Å². The zero-order chi connectivity index (χ0) is 17.2. The van der Waals surface area contributed by atoms with Crippen molar-refractivity contribution in [1.29, 1.82) is 0 Å². The second-order valence-electron chi connectivity index (χ2n) is 7.24. The van der Waals surface area contributed by atoms with E-state index in [9.17, 15) is 4.79 Å². The number of rotatable bonds is 8. The van der Waals surface area contributed by atoms with Crippen LogP contribution in [-0.2, 0) is 9.47 Å². The van der Waals surface area contributed by atoms with Crippen LogP contribution in [0.5, 0.6) is 5.75 Å². The lowest BCUT2D eigenvalue weighted by atomic mass is 10.1. The van der Waals surface area contributed by atoms with Gasteiger partial charge in [-0.3, -0.25) is 5.32 Å². The second-order valence-corrected chi connectivity index (χ2v) is 7.64. The van der Waals surface area contributed by atoms with Crippen LogP contribution < -0.4 is 10.1 Å². The van der Waals surface area contributed by atoms with Crippen molar-refractivity contribution in [2.75, 3.05) is 25.1 Å². The van der Waals surface area contributed by atoms with Gasteiger partial charge in [0.15, 0.2) is 0 Å². The third-order valence-corrected chi connectivity index (χ3v) is 5.80. The minimum Gasteiger partial charge on any atom is -0.489 e. The molecule has 0 radical (unpaired) electrons. The Morgan fingerprint density at radius 2 is 2.12 bits per heavy atom. The number of hydrogen-bond acceptors (Lipinski definition) is 4. The first-order valence-corrected chi connectivity index (χ1v) is 9.56. The van der Waals surface area contributed by atoms with E-state index in [1.807, 2.05) is 0 Å². The molecule has 136 valence electrons. The Bertz CT molecular complexity index is 624. The highest BCUT2D eigenvalue weighted by molar-refractivity contribution is 6.32. The van der Waals surface area contributed by atoms with Crippen molar-refractivity contribution in [3.8, 4) is 5.75 Å². The van der Waals surface area contributed by atoms with Crippen LogP contribution in [0.15, 0.2) is 18.2 Å². The lowest BCUT2D eigenvalue weighted by molar-refractivity contribution is 0.158. The monoisotopic (exact) mass is 365 g/mol. The van der Waals surface area contributed by atoms with Crippen LogP contribution in [0.4, 0.5) is 10.5 Å². The van der Waals surface area contributed by atoms with Crippen LogP contribution in [0.1, 0.15) is 32.1 Å². The SMILES string of the molecule is O=C(Nc1ccc(OCC2CO2)c(Cl)c1)OCCCC1C2CCCC12. The summed E-state index contributed by atoms with van der Waals surface area (Å²) in [4.78, 5) is 11.9. The molecule has 4 rings (SSSR count). The topological polar surface area (TPSA) is 60.1 Å². The molecule has 3 fully saturated rings. The van der Waals surface area contributed by atoms with E-state index in [-0.39, 0.29) is 6.10 Å². The fraction of sp³-hybridized carbons (Fsp3) is 0.632. The number of carbonyl (C=O) groups is 1. The highest BCUT2D eigenvalue weighted by Crippen LogP contribution is 2.59. The summed E-state index contributed by atoms with van der Waals surface area (Å²) in [6, 6.07) is 5.16. The Balaban J connectivity index is 1.15. The van der Waals surface area contributed by atoms with Crippen molar-refractivity contribution >= 4 is 23.4 Å². The zero-order valence-electron chi connectivity index (χ0n) is 14.2. The molecular weight excluding hydrogens is 342 g/mol. The van der Waals surface area contributed by atoms with Gasteiger partial charge in [-0.05, 0) is 61.6 Å². The summed E-state index contributed by atoms with van der Waals surface area (Å²) in [5.41, 5.74) is 0.599. The number of nitrogens with one attached hydrogen (secondary N) is 1. The smallest absolute Gasteiger partial charge is 0.411 e. The maximum absolute atomic E-state index is 11.9. The van der Waals surface area contributed by atoms with E-state index in [1.165, 1.54) is 25.7 Å². The van der Waals surface area contributed by atoms with E-state index in [0.29, 0.717) is 29.7 Å². The number of hydrogen-bond donors (Lipinski definition) is 1. The van der Waals surface area contributed by atoms with Crippen molar-refractivity contribution in [2.24, 2.45) is 17.8 Å². The van der Waals surface area contributed by atoms with Gasteiger partial charge in [0.25, 0.3) is 0 Å². The lowest BCUT2D eigenvalue weighted by Gasteiger charge is -2.10. The molecule has 1 N–H and O–H groups in total. The third kappa shape index (κ3) is 4.39. The van der Waals surface area contributed by atoms with Gasteiger partial charge in [0.1, 0.15) is 18.5 Å². The summed E-state index contributed by atoms with van der Waals surface area (Å²) in [7, 11) is 0. The molecule has 2 saturated carbocycles. The number of amides is 1. The standard InChI is InChI=1S/C19H24ClNO4/c20-17-9-12(6-7-18(17)25-11-13-10-24-13)21-19(22)23-8-2-5-16-14-3-1-4-15(14)16/h6-7,9,13-16H,1-5,8,10-11H2,(H,21,22). The fourth-order valence-corrected chi connectivity index (χ4v) is 4.31. The molecule has 1 aliphatic heterocycles. The summed E-state index contributed by atoms with van der Waals surface area (Å²) in [6.45, 7) is 1.71. The first-order valence-electron chi connectivity index (χ1n) is 9.18. The van der Waals surface area contributed by atoms with Gasteiger partial charge in [0.05, 0.1) is 18.2 Å². The minimum atomic E-state index is -0.438. The van der Waals surface area contributed by atoms with Gasteiger partial charge in [0.2, 0.25) is 0 Å². The van der Waals surface area contributed by atoms with Crippen molar-refractivity contribution < 1.29 is 19.0 Å². The van der Waals surface area contributed by atoms with E-state index in [4.69, 9.17) is 25.8 Å². The summed E-state index contributed by atoms with van der Waals surface area (Å²) in [5, 5.41) is 3.16. The van der Waals surface area contributed by atoms with Gasteiger partial charge in [0, 0.05) is 5.69 Å². The molecule has 0 bridgehead atoms. The van der Waals surface area contributed by atoms with Gasteiger partial charge in [-0.25, -0.2) is 4.79 Å². The van der Waals surface area contributed by atoms with Gasteiger partial charge in [-0.1, -0.05) is 18.0 Å². The molecule has 3 atom stereocenters. The van der Waals surface area contributed by atoms with Crippen molar-refractivity contribution in [1.82, 2.24) is 0 Å². The molecular formula is C19H24ClNO4. The fourth-order valence-electron chi connectivity index (χ4n) is 4.08. The van der Waals surface area contributed by atoms with Crippen LogP contribution in [0.25, 0.3) is 0 Å². The quantitative estimate of drug-likeness (QED) is 0.544. The number of anilines is 1. The van der Waals surface area contributed by atoms with E-state index in [0.717, 1.165) is 30.8 Å². The second kappa shape index (κ2) is 7.42. The van der Waals surface area contributed by atoms with Crippen LogP contribution in [0.3, 0.4) is 0 Å². The van der Waals surface area contributed by atoms with Crippen LogP contribution >= 0.6 is 11.6 Å². The molecule has 6 heteroatoms. The summed E-state index contributed by atoms with van der Waals surface area (Å²) >= 11 is 6.17. The molecule has 5 nitrogen and oxygen atoms in total. The van der Waals surface area contributed by atoms with Crippen LogP contribution in [0, 0.1) is 17.8 Å². The lowest BCUT2D eigenvalue weighted by Crippen LogP contribution is -2.14. The van der Waals surface area contributed by atoms with Gasteiger partial charge in [-0.2, -0.15) is 0 Å². The Hall–Kier alpha value is -1.46. The average Bonchev–Trinajstić information content (AvgIpc) is 3.49. The maximum Gasteiger partial charge on any atom is 0.411 e. The highest BCUT2D eigenvalue weighted by Gasteiger charge is 2.51. The largest absolute Gasteiger partial charge is 0.489 e. The number of ether oxygens (including phenoxy) is 3. The van der Waals surface area contributed by atoms with Crippen LogP contribution in [-0.4, -0.2) is 32.0 Å². The molecule has 1 saturated heterocycles. The molecule has 1 amide bonds. The van der Waals surface area contributed by atoms with Crippen molar-refractivity contribution in [3.05, 3.63) is 23.2 Å². The Morgan fingerprint density at radius 3 is 2.84 bits per heavy atom. The molecule has 1 aromatic rings. The molecule has 1 aromatic carbocycles. The number of carbonyl (C=O) groups excluding carboxylic acids is 1. The summed E-state index contributed by atoms with van der Waals surface area (Å²) < 4.78 is 15.9. The normalized spacial score (nSPS) is 29.0. The van der Waals surface area contributed by atoms with Crippen molar-refractivity contribution in [3.63, 3.8) is 0 Å². The number of benzene rings is 1. The number of halogens is 1. The Morgan fingerprint density at radius 1 is 1.32 bits per heavy atom. The third-order valence-electron chi connectivity index (χ3n) is 5.50. The summed E-state index contributed by atoms with van der Waals surface area (Å²) in [5.74, 6) is 3.44. The number of fused-ring (bicyclic) bond motifs is 1. The molecule has 3 aliphatic rings. The molecule has 25 heavy (non-hydrogen) atoms. The van der Waals surface area contributed by atoms with Gasteiger partial charge < -0.3 is 14.2 Å². The number of epoxide rings is 1. The van der Waals surface area contributed by atoms with Gasteiger partial charge >= 0.3 is 6.09 Å². The van der Waals surface area contributed by atoms with Crippen LogP contribution in [0.2, 0.25) is 5.02 Å².